The zero-order valence-corrected chi connectivity index (χ0v) is 25.1. The SMILES string of the molecule is CCC[C@H](NC(=O)[C@@H](C)NC(=O)CO/N=C1/C=C2CC[C@@H]3[C@H](CC[C@@]4(C)[C@H]3CC[C@]4(O)C(C)=O)[C@@]2(C)CC1)C(=O)O. The van der Waals surface area contributed by atoms with Gasteiger partial charge in [0.05, 0.1) is 5.71 Å². The standard InChI is InChI=1S/C31H47N3O7/c1-6-7-25(28(38)39)33-27(37)18(2)32-26(36)17-41-34-21-10-13-29(4)20(16-21)8-9-22-23(29)11-14-30(5)24(22)12-15-31(30,40)19(3)35/h16,18,22-25,40H,6-15,17H2,1-5H3,(H,32,36)(H,33,37)(H,38,39)/b34-21+/t18-,22-,23+,24+,25+,29+,30+,31+/m1/s1. The van der Waals surface area contributed by atoms with Crippen LogP contribution in [0.25, 0.3) is 0 Å². The Morgan fingerprint density at radius 3 is 2.44 bits per heavy atom. The highest BCUT2D eigenvalue weighted by Crippen LogP contribution is 2.67. The molecule has 0 heterocycles. The summed E-state index contributed by atoms with van der Waals surface area (Å²) in [6.45, 7) is 9.02. The monoisotopic (exact) mass is 573 g/mol. The lowest BCUT2D eigenvalue weighted by Crippen LogP contribution is -2.57. The zero-order chi connectivity index (χ0) is 30.2. The molecule has 3 saturated carbocycles. The molecule has 228 valence electrons. The van der Waals surface area contributed by atoms with Gasteiger partial charge in [-0.1, -0.05) is 37.9 Å². The molecule has 2 amide bonds. The first kappa shape index (κ1) is 31.2. The molecule has 4 N–H and O–H groups in total. The maximum Gasteiger partial charge on any atom is 0.326 e. The molecule has 0 aliphatic heterocycles. The lowest BCUT2D eigenvalue weighted by molar-refractivity contribution is -0.159. The number of carboxylic acids is 1. The summed E-state index contributed by atoms with van der Waals surface area (Å²) in [6, 6.07) is -1.90. The molecule has 8 atom stereocenters. The molecule has 0 aromatic heterocycles. The minimum atomic E-state index is -1.20. The topological polar surface area (TPSA) is 154 Å². The Kier molecular flexibility index (Phi) is 9.02. The first-order valence-electron chi connectivity index (χ1n) is 15.2. The van der Waals surface area contributed by atoms with E-state index in [1.807, 2.05) is 6.92 Å². The van der Waals surface area contributed by atoms with Crippen LogP contribution in [-0.2, 0) is 24.0 Å². The van der Waals surface area contributed by atoms with Crippen molar-refractivity contribution in [3.05, 3.63) is 11.6 Å². The quantitative estimate of drug-likeness (QED) is 0.292. The van der Waals surface area contributed by atoms with Crippen molar-refractivity contribution in [2.75, 3.05) is 6.61 Å². The van der Waals surface area contributed by atoms with Crippen LogP contribution in [0.4, 0.5) is 0 Å². The Morgan fingerprint density at radius 2 is 1.78 bits per heavy atom. The predicted octanol–water partition coefficient (Wildman–Crippen LogP) is 3.52. The van der Waals surface area contributed by atoms with Crippen molar-refractivity contribution in [3.8, 4) is 0 Å². The number of carboxylic acid groups (broad SMARTS) is 1. The van der Waals surface area contributed by atoms with Crippen LogP contribution in [0.3, 0.4) is 0 Å². The first-order chi connectivity index (χ1) is 19.3. The van der Waals surface area contributed by atoms with E-state index in [9.17, 15) is 29.4 Å². The highest BCUT2D eigenvalue weighted by molar-refractivity contribution is 5.96. The summed E-state index contributed by atoms with van der Waals surface area (Å²) in [4.78, 5) is 53.7. The summed E-state index contributed by atoms with van der Waals surface area (Å²) in [6.07, 6.45) is 10.0. The third kappa shape index (κ3) is 5.68. The summed E-state index contributed by atoms with van der Waals surface area (Å²) < 4.78 is 0. The summed E-state index contributed by atoms with van der Waals surface area (Å²) in [5, 5.41) is 29.8. The lowest BCUT2D eigenvalue weighted by Gasteiger charge is -2.59. The van der Waals surface area contributed by atoms with Crippen molar-refractivity contribution in [1.29, 1.82) is 0 Å². The van der Waals surface area contributed by atoms with Gasteiger partial charge in [0.15, 0.2) is 12.4 Å². The molecule has 4 rings (SSSR count). The number of allylic oxidation sites excluding steroid dienone is 2. The van der Waals surface area contributed by atoms with Gasteiger partial charge >= 0.3 is 5.97 Å². The first-order valence-corrected chi connectivity index (χ1v) is 15.2. The fourth-order valence-electron chi connectivity index (χ4n) is 8.60. The summed E-state index contributed by atoms with van der Waals surface area (Å²) in [5.74, 6) is -0.915. The van der Waals surface area contributed by atoms with Gasteiger partial charge in [-0.3, -0.25) is 14.4 Å². The molecule has 0 radical (unpaired) electrons. The molecule has 10 heteroatoms. The van der Waals surface area contributed by atoms with E-state index in [0.717, 1.165) is 50.7 Å². The van der Waals surface area contributed by atoms with Crippen molar-refractivity contribution in [1.82, 2.24) is 10.6 Å². The number of fused-ring (bicyclic) bond motifs is 5. The lowest BCUT2D eigenvalue weighted by atomic mass is 9.46. The maximum absolute atomic E-state index is 12.5. The predicted molar refractivity (Wildman–Crippen MR) is 153 cm³/mol. The third-order valence-corrected chi connectivity index (χ3v) is 11.1. The van der Waals surface area contributed by atoms with Crippen LogP contribution in [0.2, 0.25) is 0 Å². The second kappa shape index (κ2) is 11.9. The molecule has 0 aromatic rings. The Morgan fingerprint density at radius 1 is 1.07 bits per heavy atom. The number of hydrogen-bond donors (Lipinski definition) is 4. The number of amides is 2. The van der Waals surface area contributed by atoms with E-state index in [4.69, 9.17) is 4.84 Å². The van der Waals surface area contributed by atoms with Crippen molar-refractivity contribution in [2.24, 2.45) is 33.7 Å². The number of carbonyl (C=O) groups excluding carboxylic acids is 3. The fraction of sp³-hybridized carbons (Fsp3) is 0.774. The van der Waals surface area contributed by atoms with Crippen molar-refractivity contribution >= 4 is 29.3 Å². The van der Waals surface area contributed by atoms with Crippen LogP contribution in [0.1, 0.15) is 98.8 Å². The van der Waals surface area contributed by atoms with Crippen LogP contribution in [0, 0.1) is 28.6 Å². The Hall–Kier alpha value is -2.75. The molecule has 0 unspecified atom stereocenters. The average Bonchev–Trinajstić information content (AvgIpc) is 3.20. The van der Waals surface area contributed by atoms with Gasteiger partial charge < -0.3 is 25.7 Å². The van der Waals surface area contributed by atoms with Gasteiger partial charge in [0.2, 0.25) is 5.91 Å². The van der Waals surface area contributed by atoms with E-state index < -0.39 is 35.5 Å². The number of aliphatic carboxylic acids is 1. The van der Waals surface area contributed by atoms with Gasteiger partial charge in [0.1, 0.15) is 17.7 Å². The van der Waals surface area contributed by atoms with Crippen LogP contribution in [0.15, 0.2) is 16.8 Å². The number of aliphatic hydroxyl groups is 1. The van der Waals surface area contributed by atoms with E-state index in [1.54, 1.807) is 6.92 Å². The Bertz CT molecular complexity index is 1130. The minimum absolute atomic E-state index is 0.0476. The molecule has 0 bridgehead atoms. The van der Waals surface area contributed by atoms with Crippen LogP contribution in [0.5, 0.6) is 0 Å². The number of oxime groups is 1. The largest absolute Gasteiger partial charge is 0.480 e. The van der Waals surface area contributed by atoms with E-state index in [-0.39, 0.29) is 23.2 Å². The molecule has 0 saturated heterocycles. The third-order valence-electron chi connectivity index (χ3n) is 11.1. The number of ketones is 1. The maximum atomic E-state index is 12.5. The number of nitrogens with zero attached hydrogens (tertiary/aromatic N) is 1. The zero-order valence-electron chi connectivity index (χ0n) is 25.1. The van der Waals surface area contributed by atoms with Crippen LogP contribution < -0.4 is 10.6 Å². The van der Waals surface area contributed by atoms with Crippen molar-refractivity contribution in [3.63, 3.8) is 0 Å². The van der Waals surface area contributed by atoms with Gasteiger partial charge in [0, 0.05) is 5.41 Å². The fourth-order valence-corrected chi connectivity index (χ4v) is 8.60. The van der Waals surface area contributed by atoms with Gasteiger partial charge in [-0.2, -0.15) is 0 Å². The number of rotatable bonds is 10. The second-order valence-electron chi connectivity index (χ2n) is 13.2. The van der Waals surface area contributed by atoms with E-state index in [0.29, 0.717) is 37.0 Å². The van der Waals surface area contributed by atoms with Crippen LogP contribution in [-0.4, -0.2) is 63.8 Å². The van der Waals surface area contributed by atoms with Crippen molar-refractivity contribution < 1.29 is 34.2 Å². The second-order valence-corrected chi connectivity index (χ2v) is 13.2. The summed E-state index contributed by atoms with van der Waals surface area (Å²) >= 11 is 0. The Balaban J connectivity index is 1.33. The van der Waals surface area contributed by atoms with Gasteiger partial charge in [-0.15, -0.1) is 0 Å². The molecule has 41 heavy (non-hydrogen) atoms. The van der Waals surface area contributed by atoms with E-state index in [2.05, 4.69) is 35.7 Å². The van der Waals surface area contributed by atoms with Crippen molar-refractivity contribution in [2.45, 2.75) is 117 Å². The molecule has 0 aromatic carbocycles. The molecule has 3 fully saturated rings. The van der Waals surface area contributed by atoms with Crippen LogP contribution >= 0.6 is 0 Å². The molecule has 4 aliphatic carbocycles. The number of nitrogens with one attached hydrogen (secondary N) is 2. The normalized spacial score (nSPS) is 36.6. The molecule has 10 nitrogen and oxygen atoms in total. The number of hydrogen-bond acceptors (Lipinski definition) is 7. The summed E-state index contributed by atoms with van der Waals surface area (Å²) in [7, 11) is 0. The molecule has 0 spiro atoms. The van der Waals surface area contributed by atoms with E-state index >= 15 is 0 Å². The highest BCUT2D eigenvalue weighted by atomic mass is 16.6. The van der Waals surface area contributed by atoms with Gasteiger partial charge in [-0.05, 0) is 101 Å². The van der Waals surface area contributed by atoms with Gasteiger partial charge in [-0.25, -0.2) is 4.79 Å². The highest BCUT2D eigenvalue weighted by Gasteiger charge is 2.65. The molecular formula is C31H47N3O7. The van der Waals surface area contributed by atoms with Gasteiger partial charge in [0.25, 0.3) is 5.91 Å². The Labute approximate surface area is 242 Å². The minimum Gasteiger partial charge on any atom is -0.480 e. The van der Waals surface area contributed by atoms with E-state index in [1.165, 1.54) is 12.5 Å². The summed E-state index contributed by atoms with van der Waals surface area (Å²) in [5.41, 5.74) is 0.661. The average molecular weight is 574 g/mol. The molecule has 4 aliphatic rings. The molecular weight excluding hydrogens is 526 g/mol. The number of carbonyl (C=O) groups is 4. The number of Topliss-reactive ketones (excluding diaryl/α,β-unsaturated/α-hetero) is 1. The smallest absolute Gasteiger partial charge is 0.326 e.